The standard InChI is InChI=1S/C17H23Cl2N3O2/c1-13(23)22-10-8-21(9-11-22)7-5-17(24)20-6-4-14-2-3-15(18)12-16(14)19/h2-3,12H,4-11H2,1H3,(H,20,24). The lowest BCUT2D eigenvalue weighted by Gasteiger charge is -2.34. The Hall–Kier alpha value is -1.30. The molecule has 1 heterocycles. The first-order chi connectivity index (χ1) is 11.5. The van der Waals surface area contributed by atoms with Crippen LogP contribution < -0.4 is 5.32 Å². The Morgan fingerprint density at radius 3 is 2.50 bits per heavy atom. The van der Waals surface area contributed by atoms with Crippen molar-refractivity contribution >= 4 is 35.0 Å². The van der Waals surface area contributed by atoms with E-state index in [4.69, 9.17) is 23.2 Å². The molecule has 1 saturated heterocycles. The van der Waals surface area contributed by atoms with Crippen LogP contribution in [0, 0.1) is 0 Å². The minimum atomic E-state index is 0.0362. The van der Waals surface area contributed by atoms with E-state index in [0.717, 1.165) is 38.3 Å². The summed E-state index contributed by atoms with van der Waals surface area (Å²) in [6.45, 7) is 6.01. The molecule has 1 aromatic rings. The number of halogens is 2. The zero-order valence-corrected chi connectivity index (χ0v) is 15.4. The van der Waals surface area contributed by atoms with E-state index in [9.17, 15) is 9.59 Å². The molecule has 7 heteroatoms. The Balaban J connectivity index is 1.63. The first-order valence-electron chi connectivity index (χ1n) is 8.14. The maximum absolute atomic E-state index is 11.9. The minimum absolute atomic E-state index is 0.0362. The molecular weight excluding hydrogens is 349 g/mol. The van der Waals surface area contributed by atoms with Gasteiger partial charge in [-0.15, -0.1) is 0 Å². The van der Waals surface area contributed by atoms with Crippen LogP contribution >= 0.6 is 23.2 Å². The van der Waals surface area contributed by atoms with E-state index in [1.54, 1.807) is 19.1 Å². The van der Waals surface area contributed by atoms with Gasteiger partial charge in [0.2, 0.25) is 11.8 Å². The molecule has 2 amide bonds. The fraction of sp³-hybridized carbons (Fsp3) is 0.529. The van der Waals surface area contributed by atoms with Gasteiger partial charge in [-0.3, -0.25) is 14.5 Å². The number of carbonyl (C=O) groups is 2. The van der Waals surface area contributed by atoms with Gasteiger partial charge in [-0.05, 0) is 24.1 Å². The molecule has 24 heavy (non-hydrogen) atoms. The minimum Gasteiger partial charge on any atom is -0.356 e. The van der Waals surface area contributed by atoms with E-state index in [2.05, 4.69) is 10.2 Å². The molecule has 0 aliphatic carbocycles. The van der Waals surface area contributed by atoms with Crippen molar-refractivity contribution in [2.45, 2.75) is 19.8 Å². The molecule has 5 nitrogen and oxygen atoms in total. The van der Waals surface area contributed by atoms with E-state index < -0.39 is 0 Å². The Kier molecular flexibility index (Phi) is 7.34. The second kappa shape index (κ2) is 9.25. The summed E-state index contributed by atoms with van der Waals surface area (Å²) >= 11 is 12.0. The second-order valence-corrected chi connectivity index (χ2v) is 6.78. The molecule has 0 spiro atoms. The second-order valence-electron chi connectivity index (χ2n) is 5.93. The number of amides is 2. The van der Waals surface area contributed by atoms with Crippen LogP contribution in [0.15, 0.2) is 18.2 Å². The van der Waals surface area contributed by atoms with E-state index in [1.807, 2.05) is 11.0 Å². The molecular formula is C17H23Cl2N3O2. The summed E-state index contributed by atoms with van der Waals surface area (Å²) in [5, 5.41) is 4.15. The van der Waals surface area contributed by atoms with Crippen LogP contribution in [0.5, 0.6) is 0 Å². The smallest absolute Gasteiger partial charge is 0.221 e. The van der Waals surface area contributed by atoms with Crippen molar-refractivity contribution in [1.29, 1.82) is 0 Å². The molecule has 0 aromatic heterocycles. The van der Waals surface area contributed by atoms with Gasteiger partial charge in [0, 0.05) is 62.7 Å². The zero-order chi connectivity index (χ0) is 17.5. The topological polar surface area (TPSA) is 52.7 Å². The number of rotatable bonds is 6. The van der Waals surface area contributed by atoms with Crippen LogP contribution in [-0.4, -0.2) is 60.9 Å². The fourth-order valence-corrected chi connectivity index (χ4v) is 3.20. The molecule has 2 rings (SSSR count). The molecule has 1 N–H and O–H groups in total. The normalized spacial score (nSPS) is 15.4. The van der Waals surface area contributed by atoms with Crippen molar-refractivity contribution in [3.63, 3.8) is 0 Å². The van der Waals surface area contributed by atoms with Gasteiger partial charge in [-0.2, -0.15) is 0 Å². The van der Waals surface area contributed by atoms with Gasteiger partial charge in [-0.1, -0.05) is 29.3 Å². The van der Waals surface area contributed by atoms with Crippen molar-refractivity contribution in [1.82, 2.24) is 15.1 Å². The zero-order valence-electron chi connectivity index (χ0n) is 13.9. The first kappa shape index (κ1) is 19.0. The number of nitrogens with zero attached hydrogens (tertiary/aromatic N) is 2. The van der Waals surface area contributed by atoms with Gasteiger partial charge in [0.15, 0.2) is 0 Å². The van der Waals surface area contributed by atoms with E-state index in [0.29, 0.717) is 29.4 Å². The van der Waals surface area contributed by atoms with Crippen LogP contribution in [-0.2, 0) is 16.0 Å². The lowest BCUT2D eigenvalue weighted by Crippen LogP contribution is -2.48. The molecule has 0 bridgehead atoms. The quantitative estimate of drug-likeness (QED) is 0.833. The predicted molar refractivity (Wildman–Crippen MR) is 96.5 cm³/mol. The predicted octanol–water partition coefficient (Wildman–Crippen LogP) is 2.21. The van der Waals surface area contributed by atoms with Crippen molar-refractivity contribution in [2.24, 2.45) is 0 Å². The molecule has 1 aliphatic heterocycles. The Bertz CT molecular complexity index is 587. The molecule has 1 fully saturated rings. The third-order valence-electron chi connectivity index (χ3n) is 4.20. The SMILES string of the molecule is CC(=O)N1CCN(CCC(=O)NCCc2ccc(Cl)cc2Cl)CC1. The Morgan fingerprint density at radius 1 is 1.17 bits per heavy atom. The van der Waals surface area contributed by atoms with Crippen LogP contribution in [0.3, 0.4) is 0 Å². The van der Waals surface area contributed by atoms with Crippen molar-refractivity contribution in [3.05, 3.63) is 33.8 Å². The van der Waals surface area contributed by atoms with Gasteiger partial charge in [0.25, 0.3) is 0 Å². The maximum Gasteiger partial charge on any atom is 0.221 e. The maximum atomic E-state index is 11.9. The number of carbonyl (C=O) groups excluding carboxylic acids is 2. The summed E-state index contributed by atoms with van der Waals surface area (Å²) in [6, 6.07) is 5.39. The molecule has 1 aromatic carbocycles. The van der Waals surface area contributed by atoms with Gasteiger partial charge in [0.05, 0.1) is 0 Å². The Labute approximate surface area is 152 Å². The van der Waals surface area contributed by atoms with Crippen LogP contribution in [0.2, 0.25) is 10.0 Å². The summed E-state index contributed by atoms with van der Waals surface area (Å²) in [7, 11) is 0. The van der Waals surface area contributed by atoms with Crippen molar-refractivity contribution in [3.8, 4) is 0 Å². The van der Waals surface area contributed by atoms with E-state index >= 15 is 0 Å². The summed E-state index contributed by atoms with van der Waals surface area (Å²) in [5.74, 6) is 0.155. The summed E-state index contributed by atoms with van der Waals surface area (Å²) in [4.78, 5) is 27.3. The van der Waals surface area contributed by atoms with Gasteiger partial charge < -0.3 is 10.2 Å². The summed E-state index contributed by atoms with van der Waals surface area (Å²) < 4.78 is 0. The van der Waals surface area contributed by atoms with Crippen molar-refractivity contribution < 1.29 is 9.59 Å². The van der Waals surface area contributed by atoms with Gasteiger partial charge in [0.1, 0.15) is 0 Å². The average molecular weight is 372 g/mol. The van der Waals surface area contributed by atoms with Crippen LogP contribution in [0.4, 0.5) is 0 Å². The molecule has 0 atom stereocenters. The highest BCUT2D eigenvalue weighted by atomic mass is 35.5. The highest BCUT2D eigenvalue weighted by Gasteiger charge is 2.18. The lowest BCUT2D eigenvalue weighted by atomic mass is 10.1. The average Bonchev–Trinajstić information content (AvgIpc) is 2.55. The molecule has 132 valence electrons. The molecule has 0 unspecified atom stereocenters. The highest BCUT2D eigenvalue weighted by molar-refractivity contribution is 6.35. The van der Waals surface area contributed by atoms with Crippen molar-refractivity contribution in [2.75, 3.05) is 39.3 Å². The third kappa shape index (κ3) is 5.96. The van der Waals surface area contributed by atoms with Crippen LogP contribution in [0.1, 0.15) is 18.9 Å². The van der Waals surface area contributed by atoms with Gasteiger partial charge >= 0.3 is 0 Å². The fourth-order valence-electron chi connectivity index (χ4n) is 2.70. The number of hydrogen-bond donors (Lipinski definition) is 1. The molecule has 1 aliphatic rings. The molecule has 0 radical (unpaired) electrons. The monoisotopic (exact) mass is 371 g/mol. The first-order valence-corrected chi connectivity index (χ1v) is 8.90. The Morgan fingerprint density at radius 2 is 1.88 bits per heavy atom. The van der Waals surface area contributed by atoms with E-state index in [1.165, 1.54) is 0 Å². The largest absolute Gasteiger partial charge is 0.356 e. The number of hydrogen-bond acceptors (Lipinski definition) is 3. The highest BCUT2D eigenvalue weighted by Crippen LogP contribution is 2.21. The lowest BCUT2D eigenvalue weighted by molar-refractivity contribution is -0.131. The van der Waals surface area contributed by atoms with Gasteiger partial charge in [-0.25, -0.2) is 0 Å². The number of nitrogens with one attached hydrogen (secondary N) is 1. The molecule has 0 saturated carbocycles. The van der Waals surface area contributed by atoms with E-state index in [-0.39, 0.29) is 11.8 Å². The summed E-state index contributed by atoms with van der Waals surface area (Å²) in [6.07, 6.45) is 1.15. The summed E-state index contributed by atoms with van der Waals surface area (Å²) in [5.41, 5.74) is 0.974. The van der Waals surface area contributed by atoms with Crippen LogP contribution in [0.25, 0.3) is 0 Å². The number of piperazine rings is 1. The number of benzene rings is 1. The third-order valence-corrected chi connectivity index (χ3v) is 4.79.